The summed E-state index contributed by atoms with van der Waals surface area (Å²) in [5.41, 5.74) is 7.66. The number of ether oxygens (including phenoxy) is 1. The van der Waals surface area contributed by atoms with Crippen molar-refractivity contribution in [2.45, 2.75) is 52.1 Å². The molecule has 1 fully saturated rings. The summed E-state index contributed by atoms with van der Waals surface area (Å²) in [6.07, 6.45) is 3.77. The smallest absolute Gasteiger partial charge is 0.119 e. The molecule has 0 aliphatic heterocycles. The molecule has 1 aliphatic carbocycles. The van der Waals surface area contributed by atoms with Crippen molar-refractivity contribution < 1.29 is 4.74 Å². The summed E-state index contributed by atoms with van der Waals surface area (Å²) in [5.74, 6) is 0.928. The summed E-state index contributed by atoms with van der Waals surface area (Å²) in [5, 5.41) is 3.73. The molecule has 0 aromatic heterocycles. The molecule has 0 amide bonds. The monoisotopic (exact) mass is 276 g/mol. The summed E-state index contributed by atoms with van der Waals surface area (Å²) in [7, 11) is 0. The van der Waals surface area contributed by atoms with Crippen molar-refractivity contribution in [3.63, 3.8) is 0 Å². The molecule has 1 aliphatic rings. The Morgan fingerprint density at radius 1 is 1.45 bits per heavy atom. The van der Waals surface area contributed by atoms with E-state index < -0.39 is 0 Å². The van der Waals surface area contributed by atoms with Gasteiger partial charge in [0.05, 0.1) is 6.61 Å². The molecule has 1 aromatic carbocycles. The van der Waals surface area contributed by atoms with E-state index in [-0.39, 0.29) is 6.04 Å². The van der Waals surface area contributed by atoms with Gasteiger partial charge in [-0.3, -0.25) is 0 Å². The number of hydrogen-bond donors (Lipinski definition) is 2. The fraction of sp³-hybridized carbons (Fsp3) is 0.647. The van der Waals surface area contributed by atoms with Crippen LogP contribution in [-0.4, -0.2) is 19.2 Å². The van der Waals surface area contributed by atoms with E-state index in [1.807, 2.05) is 19.1 Å². The number of nitrogens with two attached hydrogens (primary N) is 1. The highest BCUT2D eigenvalue weighted by atomic mass is 16.5. The van der Waals surface area contributed by atoms with Crippen molar-refractivity contribution >= 4 is 0 Å². The van der Waals surface area contributed by atoms with Gasteiger partial charge in [0.1, 0.15) is 5.75 Å². The molecule has 0 spiro atoms. The van der Waals surface area contributed by atoms with Crippen LogP contribution in [0.15, 0.2) is 24.3 Å². The Kier molecular flexibility index (Phi) is 5.06. The number of benzene rings is 1. The van der Waals surface area contributed by atoms with Crippen LogP contribution in [0.3, 0.4) is 0 Å². The van der Waals surface area contributed by atoms with E-state index in [1.165, 1.54) is 24.8 Å². The fourth-order valence-corrected chi connectivity index (χ4v) is 3.15. The first-order valence-corrected chi connectivity index (χ1v) is 7.73. The molecule has 2 atom stereocenters. The third-order valence-electron chi connectivity index (χ3n) is 4.21. The maximum Gasteiger partial charge on any atom is 0.119 e. The van der Waals surface area contributed by atoms with Gasteiger partial charge in [-0.15, -0.1) is 0 Å². The largest absolute Gasteiger partial charge is 0.494 e. The van der Waals surface area contributed by atoms with E-state index >= 15 is 0 Å². The maximum atomic E-state index is 5.97. The quantitative estimate of drug-likeness (QED) is 0.838. The van der Waals surface area contributed by atoms with Gasteiger partial charge < -0.3 is 15.8 Å². The van der Waals surface area contributed by atoms with Crippen molar-refractivity contribution in [3.8, 4) is 5.75 Å². The highest BCUT2D eigenvalue weighted by molar-refractivity contribution is 5.31. The lowest BCUT2D eigenvalue weighted by atomic mass is 9.91. The highest BCUT2D eigenvalue weighted by Gasteiger charge is 2.31. The average molecular weight is 276 g/mol. The molecule has 3 heteroatoms. The zero-order valence-electron chi connectivity index (χ0n) is 13.0. The van der Waals surface area contributed by atoms with Gasteiger partial charge in [0.25, 0.3) is 0 Å². The second-order valence-corrected chi connectivity index (χ2v) is 6.56. The van der Waals surface area contributed by atoms with Crippen LogP contribution in [0.1, 0.15) is 51.6 Å². The second kappa shape index (κ2) is 6.59. The van der Waals surface area contributed by atoms with Crippen LogP contribution >= 0.6 is 0 Å². The zero-order valence-corrected chi connectivity index (χ0v) is 13.0. The number of nitrogens with one attached hydrogen (secondary N) is 1. The first kappa shape index (κ1) is 15.3. The molecule has 0 radical (unpaired) electrons. The van der Waals surface area contributed by atoms with Gasteiger partial charge in [0.2, 0.25) is 0 Å². The Hall–Kier alpha value is -1.06. The molecular weight excluding hydrogens is 248 g/mol. The maximum absolute atomic E-state index is 5.97. The molecular formula is C17H28N2O. The van der Waals surface area contributed by atoms with E-state index in [0.29, 0.717) is 24.6 Å². The molecule has 2 rings (SSSR count). The van der Waals surface area contributed by atoms with Crippen molar-refractivity contribution in [1.29, 1.82) is 0 Å². The minimum absolute atomic E-state index is 0.217. The Bertz CT molecular complexity index is 431. The average Bonchev–Trinajstić information content (AvgIpc) is 2.76. The Balaban J connectivity index is 2.03. The number of hydrogen-bond acceptors (Lipinski definition) is 3. The van der Waals surface area contributed by atoms with Crippen molar-refractivity contribution in [3.05, 3.63) is 29.8 Å². The van der Waals surface area contributed by atoms with Gasteiger partial charge in [-0.1, -0.05) is 26.0 Å². The number of rotatable bonds is 6. The van der Waals surface area contributed by atoms with Gasteiger partial charge in [0.15, 0.2) is 0 Å². The predicted octanol–water partition coefficient (Wildman–Crippen LogP) is 3.25. The normalized spacial score (nSPS) is 22.7. The zero-order chi connectivity index (χ0) is 14.6. The van der Waals surface area contributed by atoms with Gasteiger partial charge in [-0.05, 0) is 49.3 Å². The lowest BCUT2D eigenvalue weighted by Gasteiger charge is -2.24. The first-order valence-electron chi connectivity index (χ1n) is 7.73. The van der Waals surface area contributed by atoms with E-state index in [9.17, 15) is 0 Å². The van der Waals surface area contributed by atoms with Gasteiger partial charge >= 0.3 is 0 Å². The van der Waals surface area contributed by atoms with Crippen LogP contribution in [0.2, 0.25) is 0 Å². The lowest BCUT2D eigenvalue weighted by Crippen LogP contribution is -2.35. The molecule has 112 valence electrons. The van der Waals surface area contributed by atoms with E-state index in [1.54, 1.807) is 0 Å². The lowest BCUT2D eigenvalue weighted by molar-refractivity contribution is 0.337. The summed E-state index contributed by atoms with van der Waals surface area (Å²) in [6.45, 7) is 8.02. The Morgan fingerprint density at radius 2 is 2.25 bits per heavy atom. The summed E-state index contributed by atoms with van der Waals surface area (Å²) >= 11 is 0. The van der Waals surface area contributed by atoms with Gasteiger partial charge in [0, 0.05) is 18.6 Å². The van der Waals surface area contributed by atoms with E-state index in [2.05, 4.69) is 31.3 Å². The van der Waals surface area contributed by atoms with Crippen LogP contribution in [0, 0.1) is 5.41 Å². The molecule has 1 aromatic rings. The molecule has 0 saturated heterocycles. The van der Waals surface area contributed by atoms with Crippen LogP contribution < -0.4 is 15.8 Å². The first-order chi connectivity index (χ1) is 9.54. The molecule has 3 nitrogen and oxygen atoms in total. The van der Waals surface area contributed by atoms with Crippen LogP contribution in [0.5, 0.6) is 5.75 Å². The molecule has 1 saturated carbocycles. The molecule has 20 heavy (non-hydrogen) atoms. The standard InChI is InChI=1S/C17H28N2O/c1-4-20-15-7-5-6-13(10-15)16(12-18)19-14-8-9-17(2,3)11-14/h5-7,10,14,16,19H,4,8-9,11-12,18H2,1-3H3. The molecule has 0 bridgehead atoms. The third-order valence-corrected chi connectivity index (χ3v) is 4.21. The predicted molar refractivity (Wildman–Crippen MR) is 84.0 cm³/mol. The SMILES string of the molecule is CCOc1cccc(C(CN)NC2CCC(C)(C)C2)c1. The second-order valence-electron chi connectivity index (χ2n) is 6.56. The van der Waals surface area contributed by atoms with Crippen LogP contribution in [0.25, 0.3) is 0 Å². The van der Waals surface area contributed by atoms with E-state index in [4.69, 9.17) is 10.5 Å². The fourth-order valence-electron chi connectivity index (χ4n) is 3.15. The topological polar surface area (TPSA) is 47.3 Å². The van der Waals surface area contributed by atoms with Crippen LogP contribution in [0.4, 0.5) is 0 Å². The minimum atomic E-state index is 0.217. The van der Waals surface area contributed by atoms with Crippen molar-refractivity contribution in [2.24, 2.45) is 11.1 Å². The minimum Gasteiger partial charge on any atom is -0.494 e. The molecule has 2 unspecified atom stereocenters. The summed E-state index contributed by atoms with van der Waals surface area (Å²) < 4.78 is 5.58. The van der Waals surface area contributed by atoms with Crippen molar-refractivity contribution in [1.82, 2.24) is 5.32 Å². The van der Waals surface area contributed by atoms with Crippen LogP contribution in [-0.2, 0) is 0 Å². The highest BCUT2D eigenvalue weighted by Crippen LogP contribution is 2.37. The summed E-state index contributed by atoms with van der Waals surface area (Å²) in [4.78, 5) is 0. The Morgan fingerprint density at radius 3 is 2.85 bits per heavy atom. The van der Waals surface area contributed by atoms with Gasteiger partial charge in [-0.2, -0.15) is 0 Å². The molecule has 0 heterocycles. The summed E-state index contributed by atoms with van der Waals surface area (Å²) in [6, 6.07) is 9.08. The van der Waals surface area contributed by atoms with Crippen molar-refractivity contribution in [2.75, 3.05) is 13.2 Å². The Labute approximate surface area is 122 Å². The van der Waals surface area contributed by atoms with E-state index in [0.717, 1.165) is 5.75 Å². The van der Waals surface area contributed by atoms with Gasteiger partial charge in [-0.25, -0.2) is 0 Å². The third kappa shape index (κ3) is 3.97. The molecule has 3 N–H and O–H groups in total.